The average Bonchev–Trinajstić information content (AvgIpc) is 2.10. The zero-order chi connectivity index (χ0) is 8.69. The van der Waals surface area contributed by atoms with Gasteiger partial charge < -0.3 is 5.11 Å². The van der Waals surface area contributed by atoms with E-state index in [1.165, 1.54) is 0 Å². The summed E-state index contributed by atoms with van der Waals surface area (Å²) in [6, 6.07) is 9.59. The Morgan fingerprint density at radius 1 is 1.09 bits per heavy atom. The summed E-state index contributed by atoms with van der Waals surface area (Å²) in [6.07, 6.45) is -0.341. The fourth-order valence-electron chi connectivity index (χ4n) is 0.732. The average molecular weight is 152 g/mol. The molecule has 0 aliphatic carbocycles. The van der Waals surface area contributed by atoms with E-state index in [2.05, 4.69) is 0 Å². The van der Waals surface area contributed by atoms with E-state index in [1.807, 2.05) is 44.2 Å². The van der Waals surface area contributed by atoms with Crippen molar-refractivity contribution in [1.82, 2.24) is 0 Å². The third kappa shape index (κ3) is 3.79. The predicted octanol–water partition coefficient (Wildman–Crippen LogP) is 2.77. The summed E-state index contributed by atoms with van der Waals surface area (Å²) in [6.45, 7) is 5.76. The Morgan fingerprint density at radius 2 is 1.55 bits per heavy atom. The molecule has 0 spiro atoms. The van der Waals surface area contributed by atoms with Gasteiger partial charge in [-0.15, -0.1) is 0 Å². The quantitative estimate of drug-likeness (QED) is 0.656. The lowest BCUT2D eigenvalue weighted by Crippen LogP contribution is -1.87. The second kappa shape index (κ2) is 5.93. The summed E-state index contributed by atoms with van der Waals surface area (Å²) >= 11 is 0. The van der Waals surface area contributed by atoms with Crippen LogP contribution in [-0.4, -0.2) is 5.11 Å². The summed E-state index contributed by atoms with van der Waals surface area (Å²) in [5.74, 6) is 0. The van der Waals surface area contributed by atoms with Crippen LogP contribution in [0.5, 0.6) is 0 Å². The number of hydrogen-bond donors (Lipinski definition) is 1. The molecule has 0 aliphatic rings. The van der Waals surface area contributed by atoms with Crippen molar-refractivity contribution in [1.29, 1.82) is 0 Å². The fourth-order valence-corrected chi connectivity index (χ4v) is 0.732. The minimum absolute atomic E-state index is 0.341. The van der Waals surface area contributed by atoms with Crippen LogP contribution >= 0.6 is 0 Å². The molecule has 0 radical (unpaired) electrons. The highest BCUT2D eigenvalue weighted by Crippen LogP contribution is 2.08. The molecule has 0 fully saturated rings. The normalized spacial score (nSPS) is 11.3. The molecule has 11 heavy (non-hydrogen) atoms. The Morgan fingerprint density at radius 3 is 1.82 bits per heavy atom. The molecular formula is C10H16O. The van der Waals surface area contributed by atoms with Gasteiger partial charge in [-0.05, 0) is 12.5 Å². The molecule has 0 saturated heterocycles. The lowest BCUT2D eigenvalue weighted by Gasteiger charge is -2.00. The molecule has 1 atom stereocenters. The minimum Gasteiger partial charge on any atom is -0.389 e. The number of aliphatic hydroxyl groups excluding tert-OH is 1. The maximum absolute atomic E-state index is 9.02. The van der Waals surface area contributed by atoms with Crippen molar-refractivity contribution in [3.05, 3.63) is 35.9 Å². The standard InChI is InChI=1S/C8H10O.C2H6/c1-7(9)8-5-3-2-4-6-8;1-2/h2-7,9H,1H3;1-2H3/t7-;/m1./s1. The molecule has 1 N–H and O–H groups in total. The van der Waals surface area contributed by atoms with E-state index in [0.29, 0.717) is 0 Å². The molecule has 1 rings (SSSR count). The van der Waals surface area contributed by atoms with Crippen LogP contribution in [0.25, 0.3) is 0 Å². The van der Waals surface area contributed by atoms with Gasteiger partial charge in [0.15, 0.2) is 0 Å². The summed E-state index contributed by atoms with van der Waals surface area (Å²) in [5, 5.41) is 9.02. The van der Waals surface area contributed by atoms with Crippen molar-refractivity contribution in [2.24, 2.45) is 0 Å². The minimum atomic E-state index is -0.341. The second-order valence-electron chi connectivity index (χ2n) is 2.09. The first-order chi connectivity index (χ1) is 5.30. The van der Waals surface area contributed by atoms with Crippen LogP contribution in [-0.2, 0) is 0 Å². The van der Waals surface area contributed by atoms with Gasteiger partial charge in [-0.3, -0.25) is 0 Å². The lowest BCUT2D eigenvalue weighted by molar-refractivity contribution is 0.199. The molecule has 0 heterocycles. The van der Waals surface area contributed by atoms with Gasteiger partial charge in [0.05, 0.1) is 6.10 Å². The van der Waals surface area contributed by atoms with Crippen LogP contribution in [0.3, 0.4) is 0 Å². The van der Waals surface area contributed by atoms with E-state index < -0.39 is 0 Å². The molecular weight excluding hydrogens is 136 g/mol. The van der Waals surface area contributed by atoms with Crippen molar-refractivity contribution in [2.75, 3.05) is 0 Å². The molecule has 1 nitrogen and oxygen atoms in total. The van der Waals surface area contributed by atoms with Crippen LogP contribution in [0, 0.1) is 0 Å². The van der Waals surface area contributed by atoms with E-state index in [-0.39, 0.29) is 6.10 Å². The molecule has 0 bridgehead atoms. The van der Waals surface area contributed by atoms with Crippen LogP contribution in [0.1, 0.15) is 32.4 Å². The molecule has 0 amide bonds. The van der Waals surface area contributed by atoms with Gasteiger partial charge in [-0.2, -0.15) is 0 Å². The number of benzene rings is 1. The second-order valence-corrected chi connectivity index (χ2v) is 2.09. The van der Waals surface area contributed by atoms with E-state index in [1.54, 1.807) is 6.92 Å². The molecule has 1 aromatic rings. The molecule has 62 valence electrons. The van der Waals surface area contributed by atoms with E-state index in [4.69, 9.17) is 5.11 Å². The van der Waals surface area contributed by atoms with Crippen molar-refractivity contribution < 1.29 is 5.11 Å². The Bertz CT molecular complexity index is 167. The van der Waals surface area contributed by atoms with Crippen LogP contribution in [0.15, 0.2) is 30.3 Å². The van der Waals surface area contributed by atoms with Gasteiger partial charge in [0.25, 0.3) is 0 Å². The van der Waals surface area contributed by atoms with Crippen molar-refractivity contribution >= 4 is 0 Å². The van der Waals surface area contributed by atoms with Gasteiger partial charge in [0.1, 0.15) is 0 Å². The summed E-state index contributed by atoms with van der Waals surface area (Å²) in [4.78, 5) is 0. The van der Waals surface area contributed by atoms with Crippen molar-refractivity contribution in [3.8, 4) is 0 Å². The van der Waals surface area contributed by atoms with Crippen LogP contribution < -0.4 is 0 Å². The smallest absolute Gasteiger partial charge is 0.0761 e. The Kier molecular flexibility index (Phi) is 5.49. The van der Waals surface area contributed by atoms with Gasteiger partial charge in [0, 0.05) is 0 Å². The van der Waals surface area contributed by atoms with E-state index >= 15 is 0 Å². The number of rotatable bonds is 1. The summed E-state index contributed by atoms with van der Waals surface area (Å²) in [5.41, 5.74) is 0.970. The van der Waals surface area contributed by atoms with Crippen LogP contribution in [0.4, 0.5) is 0 Å². The van der Waals surface area contributed by atoms with Gasteiger partial charge in [-0.25, -0.2) is 0 Å². The number of aliphatic hydroxyl groups is 1. The molecule has 1 heteroatoms. The highest BCUT2D eigenvalue weighted by Gasteiger charge is 1.95. The highest BCUT2D eigenvalue weighted by molar-refractivity contribution is 5.16. The Balaban J connectivity index is 0.000000461. The third-order valence-corrected chi connectivity index (χ3v) is 1.28. The Labute approximate surface area is 68.7 Å². The number of hydrogen-bond acceptors (Lipinski definition) is 1. The predicted molar refractivity (Wildman–Crippen MR) is 48.4 cm³/mol. The van der Waals surface area contributed by atoms with Crippen LogP contribution in [0.2, 0.25) is 0 Å². The topological polar surface area (TPSA) is 20.2 Å². The van der Waals surface area contributed by atoms with Crippen molar-refractivity contribution in [3.63, 3.8) is 0 Å². The highest BCUT2D eigenvalue weighted by atomic mass is 16.3. The Hall–Kier alpha value is -0.820. The summed E-state index contributed by atoms with van der Waals surface area (Å²) in [7, 11) is 0. The molecule has 0 aliphatic heterocycles. The maximum atomic E-state index is 9.02. The van der Waals surface area contributed by atoms with Gasteiger partial charge >= 0.3 is 0 Å². The van der Waals surface area contributed by atoms with Gasteiger partial charge in [-0.1, -0.05) is 44.2 Å². The largest absolute Gasteiger partial charge is 0.389 e. The SMILES string of the molecule is CC.C[C@@H](O)c1ccccc1. The molecule has 0 unspecified atom stereocenters. The van der Waals surface area contributed by atoms with E-state index in [0.717, 1.165) is 5.56 Å². The molecule has 0 saturated carbocycles. The summed E-state index contributed by atoms with van der Waals surface area (Å²) < 4.78 is 0. The zero-order valence-corrected chi connectivity index (χ0v) is 7.41. The first-order valence-electron chi connectivity index (χ1n) is 4.03. The van der Waals surface area contributed by atoms with E-state index in [9.17, 15) is 0 Å². The lowest BCUT2D eigenvalue weighted by atomic mass is 10.1. The molecule has 1 aromatic carbocycles. The first kappa shape index (κ1) is 10.2. The van der Waals surface area contributed by atoms with Gasteiger partial charge in [0.2, 0.25) is 0 Å². The monoisotopic (exact) mass is 152 g/mol. The third-order valence-electron chi connectivity index (χ3n) is 1.28. The zero-order valence-electron chi connectivity index (χ0n) is 7.41. The van der Waals surface area contributed by atoms with Crippen molar-refractivity contribution in [2.45, 2.75) is 26.9 Å². The fraction of sp³-hybridized carbons (Fsp3) is 0.400. The molecule has 0 aromatic heterocycles. The maximum Gasteiger partial charge on any atom is 0.0761 e. The first-order valence-corrected chi connectivity index (χ1v) is 4.03.